The van der Waals surface area contributed by atoms with Crippen LogP contribution in [0.1, 0.15) is 22.3 Å². The summed E-state index contributed by atoms with van der Waals surface area (Å²) in [5.41, 5.74) is 6.36. The van der Waals surface area contributed by atoms with Crippen LogP contribution in [0, 0.1) is 13.8 Å². The fourth-order valence-corrected chi connectivity index (χ4v) is 2.74. The zero-order valence-corrected chi connectivity index (χ0v) is 15.0. The highest BCUT2D eigenvalue weighted by atomic mass is 19.4. The largest absolute Gasteiger partial charge is 0.573 e. The molecule has 3 aromatic rings. The Morgan fingerprint density at radius 3 is 2.41 bits per heavy atom. The van der Waals surface area contributed by atoms with Crippen molar-refractivity contribution >= 4 is 0 Å². The van der Waals surface area contributed by atoms with Gasteiger partial charge in [0, 0.05) is 24.2 Å². The Labute approximate surface area is 155 Å². The second-order valence-electron chi connectivity index (χ2n) is 6.36. The van der Waals surface area contributed by atoms with Gasteiger partial charge >= 0.3 is 6.36 Å². The summed E-state index contributed by atoms with van der Waals surface area (Å²) < 4.78 is 40.4. The van der Waals surface area contributed by atoms with Crippen LogP contribution in [0.2, 0.25) is 0 Å². The molecule has 0 spiro atoms. The number of alkyl halides is 3. The summed E-state index contributed by atoms with van der Waals surface area (Å²) in [7, 11) is 0. The van der Waals surface area contributed by atoms with Crippen LogP contribution in [0.3, 0.4) is 0 Å². The predicted octanol–water partition coefficient (Wildman–Crippen LogP) is 4.88. The molecule has 2 N–H and O–H groups in total. The number of halogens is 3. The van der Waals surface area contributed by atoms with Crippen LogP contribution in [0.4, 0.5) is 13.2 Å². The quantitative estimate of drug-likeness (QED) is 0.645. The third-order valence-corrected chi connectivity index (χ3v) is 4.31. The van der Waals surface area contributed by atoms with E-state index >= 15 is 0 Å². The van der Waals surface area contributed by atoms with Crippen molar-refractivity contribution in [2.75, 3.05) is 0 Å². The first kappa shape index (κ1) is 19.0. The molecule has 4 nitrogen and oxygen atoms in total. The molecule has 0 unspecified atom stereocenters. The third kappa shape index (κ3) is 5.10. The van der Waals surface area contributed by atoms with Gasteiger partial charge in [-0.1, -0.05) is 24.3 Å². The maximum absolute atomic E-state index is 12.2. The third-order valence-electron chi connectivity index (χ3n) is 4.31. The van der Waals surface area contributed by atoms with Gasteiger partial charge in [0.2, 0.25) is 0 Å². The molecule has 0 saturated carbocycles. The van der Waals surface area contributed by atoms with Crippen LogP contribution >= 0.6 is 0 Å². The van der Waals surface area contributed by atoms with Crippen LogP contribution in [-0.2, 0) is 13.1 Å². The zero-order chi connectivity index (χ0) is 19.4. The number of H-pyrrole nitrogens is 1. The minimum Gasteiger partial charge on any atom is -0.406 e. The van der Waals surface area contributed by atoms with E-state index < -0.39 is 6.36 Å². The van der Waals surface area contributed by atoms with E-state index in [0.29, 0.717) is 13.1 Å². The number of aromatic nitrogens is 2. The van der Waals surface area contributed by atoms with Gasteiger partial charge in [-0.25, -0.2) is 0 Å². The number of hydrogen-bond donors (Lipinski definition) is 2. The Hall–Kier alpha value is -2.80. The molecule has 0 aliphatic carbocycles. The van der Waals surface area contributed by atoms with Crippen LogP contribution in [0.25, 0.3) is 11.3 Å². The molecular weight excluding hydrogens is 355 g/mol. The number of ether oxygens (including phenoxy) is 1. The van der Waals surface area contributed by atoms with Crippen molar-refractivity contribution in [2.45, 2.75) is 33.3 Å². The lowest BCUT2D eigenvalue weighted by Crippen LogP contribution is -2.17. The normalized spacial score (nSPS) is 11.6. The molecule has 0 bridgehead atoms. The Morgan fingerprint density at radius 2 is 1.74 bits per heavy atom. The van der Waals surface area contributed by atoms with Gasteiger partial charge in [-0.05, 0) is 48.7 Å². The molecular formula is C20H20F3N3O. The topological polar surface area (TPSA) is 49.9 Å². The molecule has 1 aromatic heterocycles. The SMILES string of the molecule is Cc1ccc(-c2[nH]ncc2CNCc2ccc(OC(F)(F)F)cc2)cc1C. The van der Waals surface area contributed by atoms with Crippen molar-refractivity contribution in [3.05, 3.63) is 70.9 Å². The smallest absolute Gasteiger partial charge is 0.406 e. The Morgan fingerprint density at radius 1 is 1.00 bits per heavy atom. The van der Waals surface area contributed by atoms with Gasteiger partial charge in [0.1, 0.15) is 5.75 Å². The van der Waals surface area contributed by atoms with Crippen LogP contribution in [0.15, 0.2) is 48.7 Å². The van der Waals surface area contributed by atoms with E-state index in [9.17, 15) is 13.2 Å². The number of rotatable bonds is 6. The van der Waals surface area contributed by atoms with Gasteiger partial charge in [0.15, 0.2) is 0 Å². The van der Waals surface area contributed by atoms with E-state index in [4.69, 9.17) is 0 Å². The average Bonchev–Trinajstić information content (AvgIpc) is 3.06. The molecule has 27 heavy (non-hydrogen) atoms. The summed E-state index contributed by atoms with van der Waals surface area (Å²) >= 11 is 0. The summed E-state index contributed by atoms with van der Waals surface area (Å²) in [5.74, 6) is -0.224. The standard InChI is InChI=1S/C20H20F3N3O/c1-13-3-6-16(9-14(13)2)19-17(12-25-26-19)11-24-10-15-4-7-18(8-5-15)27-20(21,22)23/h3-9,12,24H,10-11H2,1-2H3,(H,25,26). The van der Waals surface area contributed by atoms with E-state index in [1.165, 1.54) is 23.3 Å². The minimum absolute atomic E-state index is 0.224. The fourth-order valence-electron chi connectivity index (χ4n) is 2.74. The maximum atomic E-state index is 12.2. The van der Waals surface area contributed by atoms with Gasteiger partial charge in [0.05, 0.1) is 11.9 Å². The Bertz CT molecular complexity index is 902. The van der Waals surface area contributed by atoms with Gasteiger partial charge in [-0.15, -0.1) is 13.2 Å². The number of aryl methyl sites for hydroxylation is 2. The molecule has 0 aliphatic rings. The summed E-state index contributed by atoms with van der Waals surface area (Å²) in [6.45, 7) is 5.24. The lowest BCUT2D eigenvalue weighted by Gasteiger charge is -2.10. The van der Waals surface area contributed by atoms with Gasteiger partial charge in [-0.3, -0.25) is 5.10 Å². The molecule has 1 heterocycles. The number of aromatic amines is 1. The molecule has 0 radical (unpaired) electrons. The first-order valence-corrected chi connectivity index (χ1v) is 8.47. The van der Waals surface area contributed by atoms with Crippen LogP contribution < -0.4 is 10.1 Å². The molecule has 0 aliphatic heterocycles. The lowest BCUT2D eigenvalue weighted by atomic mass is 10.0. The van der Waals surface area contributed by atoms with Crippen molar-refractivity contribution in [2.24, 2.45) is 0 Å². The number of benzene rings is 2. The predicted molar refractivity (Wildman–Crippen MR) is 97.2 cm³/mol. The highest BCUT2D eigenvalue weighted by molar-refractivity contribution is 5.64. The number of nitrogens with one attached hydrogen (secondary N) is 2. The van der Waals surface area contributed by atoms with E-state index in [1.807, 2.05) is 0 Å². The fraction of sp³-hybridized carbons (Fsp3) is 0.250. The minimum atomic E-state index is -4.67. The number of hydrogen-bond acceptors (Lipinski definition) is 3. The van der Waals surface area contributed by atoms with Crippen molar-refractivity contribution < 1.29 is 17.9 Å². The first-order valence-electron chi connectivity index (χ1n) is 8.47. The van der Waals surface area contributed by atoms with Crippen molar-refractivity contribution in [1.82, 2.24) is 15.5 Å². The molecule has 7 heteroatoms. The molecule has 0 fully saturated rings. The van der Waals surface area contributed by atoms with E-state index in [0.717, 1.165) is 22.4 Å². The first-order chi connectivity index (χ1) is 12.8. The Balaban J connectivity index is 1.60. The second kappa shape index (κ2) is 7.84. The summed E-state index contributed by atoms with van der Waals surface area (Å²) in [6.07, 6.45) is -2.90. The average molecular weight is 375 g/mol. The molecule has 0 saturated heterocycles. The maximum Gasteiger partial charge on any atom is 0.573 e. The number of nitrogens with zero attached hydrogens (tertiary/aromatic N) is 1. The van der Waals surface area contributed by atoms with Gasteiger partial charge in [-0.2, -0.15) is 5.10 Å². The summed E-state index contributed by atoms with van der Waals surface area (Å²) in [5, 5.41) is 10.5. The monoisotopic (exact) mass is 375 g/mol. The highest BCUT2D eigenvalue weighted by Crippen LogP contribution is 2.24. The van der Waals surface area contributed by atoms with Crippen molar-refractivity contribution in [1.29, 1.82) is 0 Å². The van der Waals surface area contributed by atoms with Gasteiger partial charge in [0.25, 0.3) is 0 Å². The van der Waals surface area contributed by atoms with Crippen molar-refractivity contribution in [3.63, 3.8) is 0 Å². The Kier molecular flexibility index (Phi) is 5.51. The van der Waals surface area contributed by atoms with Gasteiger partial charge < -0.3 is 10.1 Å². The molecule has 0 atom stereocenters. The van der Waals surface area contributed by atoms with Crippen LogP contribution in [0.5, 0.6) is 5.75 Å². The van der Waals surface area contributed by atoms with E-state index in [2.05, 4.69) is 52.3 Å². The lowest BCUT2D eigenvalue weighted by molar-refractivity contribution is -0.274. The molecule has 142 valence electrons. The molecule has 2 aromatic carbocycles. The van der Waals surface area contributed by atoms with Crippen LogP contribution in [-0.4, -0.2) is 16.6 Å². The van der Waals surface area contributed by atoms with E-state index in [-0.39, 0.29) is 5.75 Å². The van der Waals surface area contributed by atoms with Crippen molar-refractivity contribution in [3.8, 4) is 17.0 Å². The zero-order valence-electron chi connectivity index (χ0n) is 15.0. The highest BCUT2D eigenvalue weighted by Gasteiger charge is 2.30. The second-order valence-corrected chi connectivity index (χ2v) is 6.36. The molecule has 0 amide bonds. The molecule has 3 rings (SSSR count). The summed E-state index contributed by atoms with van der Waals surface area (Å²) in [4.78, 5) is 0. The summed E-state index contributed by atoms with van der Waals surface area (Å²) in [6, 6.07) is 12.1. The van der Waals surface area contributed by atoms with E-state index in [1.54, 1.807) is 18.3 Å².